The van der Waals surface area contributed by atoms with E-state index >= 15 is 0 Å². The first kappa shape index (κ1) is 20.1. The second-order valence-electron chi connectivity index (χ2n) is 9.21. The van der Waals surface area contributed by atoms with Gasteiger partial charge in [-0.1, -0.05) is 51.1 Å². The largest absolute Gasteiger partial charge is 0.486 e. The topological polar surface area (TPSA) is 47.0 Å². The van der Waals surface area contributed by atoms with Crippen molar-refractivity contribution in [3.63, 3.8) is 0 Å². The van der Waals surface area contributed by atoms with Crippen LogP contribution < -0.4 is 10.1 Å². The molecule has 0 spiro atoms. The summed E-state index contributed by atoms with van der Waals surface area (Å²) < 4.78 is 6.06. The highest BCUT2D eigenvalue weighted by atomic mass is 16.5. The molecular formula is C24H31N3O. The number of benzene rings is 2. The Kier molecular flexibility index (Phi) is 5.59. The molecule has 0 saturated carbocycles. The molecule has 0 aliphatic rings. The molecule has 0 aliphatic heterocycles. The number of hydrogen-bond acceptors (Lipinski definition) is 4. The van der Waals surface area contributed by atoms with Crippen LogP contribution in [-0.4, -0.2) is 22.1 Å². The van der Waals surface area contributed by atoms with E-state index < -0.39 is 0 Å². The first-order valence-corrected chi connectivity index (χ1v) is 9.89. The SMILES string of the molecule is CC(C)(C)Oc1cccc2c(NCCc3ccc(C(C)(C)C)cc3)ncnc12. The van der Waals surface area contributed by atoms with Crippen molar-refractivity contribution >= 4 is 16.7 Å². The Balaban J connectivity index is 1.72. The highest BCUT2D eigenvalue weighted by Crippen LogP contribution is 2.30. The average molecular weight is 378 g/mol. The number of hydrogen-bond donors (Lipinski definition) is 1. The van der Waals surface area contributed by atoms with Crippen molar-refractivity contribution in [2.75, 3.05) is 11.9 Å². The molecule has 2 aromatic carbocycles. The summed E-state index contributed by atoms with van der Waals surface area (Å²) in [5, 5.41) is 4.44. The van der Waals surface area contributed by atoms with Crippen molar-refractivity contribution in [2.24, 2.45) is 0 Å². The standard InChI is InChI=1S/C24H31N3O/c1-23(2,3)18-12-10-17(11-13-18)14-15-25-22-19-8-7-9-20(28-24(4,5)6)21(19)26-16-27-22/h7-13,16H,14-15H2,1-6H3,(H,25,26,27). The zero-order chi connectivity index (χ0) is 20.4. The van der Waals surface area contributed by atoms with Crippen LogP contribution in [0.2, 0.25) is 0 Å². The Morgan fingerprint density at radius 3 is 2.25 bits per heavy atom. The van der Waals surface area contributed by atoms with Gasteiger partial charge in [0.15, 0.2) is 0 Å². The summed E-state index contributed by atoms with van der Waals surface area (Å²) in [6, 6.07) is 14.9. The van der Waals surface area contributed by atoms with Crippen molar-refractivity contribution in [1.29, 1.82) is 0 Å². The predicted molar refractivity (Wildman–Crippen MR) is 117 cm³/mol. The van der Waals surface area contributed by atoms with Crippen molar-refractivity contribution in [2.45, 2.75) is 59.0 Å². The fourth-order valence-corrected chi connectivity index (χ4v) is 3.11. The molecule has 4 nitrogen and oxygen atoms in total. The molecule has 0 saturated heterocycles. The number of ether oxygens (including phenoxy) is 1. The number of anilines is 1. The summed E-state index contributed by atoms with van der Waals surface area (Å²) in [5.41, 5.74) is 3.42. The second-order valence-corrected chi connectivity index (χ2v) is 9.21. The van der Waals surface area contributed by atoms with Gasteiger partial charge < -0.3 is 10.1 Å². The summed E-state index contributed by atoms with van der Waals surface area (Å²) in [5.74, 6) is 1.63. The molecule has 0 amide bonds. The Morgan fingerprint density at radius 2 is 1.61 bits per heavy atom. The van der Waals surface area contributed by atoms with Crippen LogP contribution in [0, 0.1) is 0 Å². The number of aromatic nitrogens is 2. The van der Waals surface area contributed by atoms with Crippen LogP contribution in [0.4, 0.5) is 5.82 Å². The van der Waals surface area contributed by atoms with Gasteiger partial charge in [0.25, 0.3) is 0 Å². The number of nitrogens with zero attached hydrogens (tertiary/aromatic N) is 2. The molecule has 1 heterocycles. The number of para-hydroxylation sites is 1. The Hall–Kier alpha value is -2.62. The maximum atomic E-state index is 6.06. The molecule has 0 radical (unpaired) electrons. The van der Waals surface area contributed by atoms with Gasteiger partial charge in [0.05, 0.1) is 0 Å². The van der Waals surface area contributed by atoms with E-state index in [2.05, 4.69) is 60.3 Å². The van der Waals surface area contributed by atoms with E-state index in [4.69, 9.17) is 4.74 Å². The first-order chi connectivity index (χ1) is 13.1. The number of nitrogens with one attached hydrogen (secondary N) is 1. The lowest BCUT2D eigenvalue weighted by Crippen LogP contribution is -2.23. The van der Waals surface area contributed by atoms with Crippen molar-refractivity contribution in [3.8, 4) is 5.75 Å². The molecule has 28 heavy (non-hydrogen) atoms. The lowest BCUT2D eigenvalue weighted by Gasteiger charge is -2.22. The molecule has 0 aliphatic carbocycles. The maximum absolute atomic E-state index is 6.06. The molecule has 148 valence electrons. The van der Waals surface area contributed by atoms with Crippen LogP contribution in [0.5, 0.6) is 5.75 Å². The van der Waals surface area contributed by atoms with E-state index in [0.717, 1.165) is 35.4 Å². The normalized spacial score (nSPS) is 12.2. The number of fused-ring (bicyclic) bond motifs is 1. The highest BCUT2D eigenvalue weighted by Gasteiger charge is 2.16. The Morgan fingerprint density at radius 1 is 0.893 bits per heavy atom. The highest BCUT2D eigenvalue weighted by molar-refractivity contribution is 5.92. The predicted octanol–water partition coefficient (Wildman–Crippen LogP) is 5.76. The van der Waals surface area contributed by atoms with Gasteiger partial charge in [0, 0.05) is 11.9 Å². The quantitative estimate of drug-likeness (QED) is 0.614. The van der Waals surface area contributed by atoms with Gasteiger partial charge in [-0.05, 0) is 55.9 Å². The van der Waals surface area contributed by atoms with Crippen LogP contribution in [0.15, 0.2) is 48.8 Å². The summed E-state index contributed by atoms with van der Waals surface area (Å²) in [7, 11) is 0. The molecule has 1 aromatic heterocycles. The summed E-state index contributed by atoms with van der Waals surface area (Å²) >= 11 is 0. The van der Waals surface area contributed by atoms with Crippen LogP contribution >= 0.6 is 0 Å². The van der Waals surface area contributed by atoms with Gasteiger partial charge in [-0.2, -0.15) is 0 Å². The maximum Gasteiger partial charge on any atom is 0.146 e. The third-order valence-corrected chi connectivity index (χ3v) is 4.57. The summed E-state index contributed by atoms with van der Waals surface area (Å²) in [6.45, 7) is 13.6. The summed E-state index contributed by atoms with van der Waals surface area (Å²) in [6.07, 6.45) is 2.53. The van der Waals surface area contributed by atoms with Crippen molar-refractivity contribution < 1.29 is 4.74 Å². The zero-order valence-electron chi connectivity index (χ0n) is 17.8. The van der Waals surface area contributed by atoms with E-state index in [1.807, 2.05) is 39.0 Å². The molecule has 4 heteroatoms. The smallest absolute Gasteiger partial charge is 0.146 e. The second kappa shape index (κ2) is 7.78. The van der Waals surface area contributed by atoms with Crippen LogP contribution in [0.1, 0.15) is 52.7 Å². The molecule has 0 bridgehead atoms. The van der Waals surface area contributed by atoms with E-state index in [1.54, 1.807) is 6.33 Å². The minimum absolute atomic E-state index is 0.184. The first-order valence-electron chi connectivity index (χ1n) is 9.89. The minimum Gasteiger partial charge on any atom is -0.486 e. The fourth-order valence-electron chi connectivity index (χ4n) is 3.11. The lowest BCUT2D eigenvalue weighted by atomic mass is 9.86. The van der Waals surface area contributed by atoms with Crippen molar-refractivity contribution in [3.05, 3.63) is 59.9 Å². The fraction of sp³-hybridized carbons (Fsp3) is 0.417. The van der Waals surface area contributed by atoms with Gasteiger partial charge in [0.1, 0.15) is 29.0 Å². The van der Waals surface area contributed by atoms with Gasteiger partial charge >= 0.3 is 0 Å². The monoisotopic (exact) mass is 377 g/mol. The minimum atomic E-state index is -0.272. The zero-order valence-corrected chi connectivity index (χ0v) is 17.8. The van der Waals surface area contributed by atoms with Crippen molar-refractivity contribution in [1.82, 2.24) is 9.97 Å². The molecule has 3 aromatic rings. The summed E-state index contributed by atoms with van der Waals surface area (Å²) in [4.78, 5) is 8.89. The lowest BCUT2D eigenvalue weighted by molar-refractivity contribution is 0.133. The van der Waals surface area contributed by atoms with E-state index in [-0.39, 0.29) is 11.0 Å². The third kappa shape index (κ3) is 5.00. The Labute approximate surface area is 168 Å². The third-order valence-electron chi connectivity index (χ3n) is 4.57. The van der Waals surface area contributed by atoms with Gasteiger partial charge in [-0.15, -0.1) is 0 Å². The molecule has 1 N–H and O–H groups in total. The number of rotatable bonds is 5. The van der Waals surface area contributed by atoms with Crippen LogP contribution in [-0.2, 0) is 11.8 Å². The molecule has 0 atom stereocenters. The molecule has 0 unspecified atom stereocenters. The van der Waals surface area contributed by atoms with Gasteiger partial charge in [-0.3, -0.25) is 0 Å². The van der Waals surface area contributed by atoms with Crippen LogP contribution in [0.3, 0.4) is 0 Å². The Bertz CT molecular complexity index is 935. The molecule has 3 rings (SSSR count). The van der Waals surface area contributed by atoms with Gasteiger partial charge in [-0.25, -0.2) is 9.97 Å². The molecular weight excluding hydrogens is 346 g/mol. The molecule has 0 fully saturated rings. The van der Waals surface area contributed by atoms with Crippen LogP contribution in [0.25, 0.3) is 10.9 Å². The van der Waals surface area contributed by atoms with E-state index in [9.17, 15) is 0 Å². The van der Waals surface area contributed by atoms with E-state index in [0.29, 0.717) is 0 Å². The van der Waals surface area contributed by atoms with Gasteiger partial charge in [0.2, 0.25) is 0 Å². The average Bonchev–Trinajstić information content (AvgIpc) is 2.61. The van der Waals surface area contributed by atoms with E-state index in [1.165, 1.54) is 11.1 Å².